The van der Waals surface area contributed by atoms with Gasteiger partial charge in [-0.15, -0.1) is 5.10 Å². The highest BCUT2D eigenvalue weighted by Crippen LogP contribution is 2.30. The summed E-state index contributed by atoms with van der Waals surface area (Å²) in [5.41, 5.74) is 1.73. The van der Waals surface area contributed by atoms with Crippen LogP contribution in [0.5, 0.6) is 0 Å². The zero-order chi connectivity index (χ0) is 18.9. The average molecular weight is 401 g/mol. The standard InChI is InChI=1S/C21H25FN4OS/c22-16-8-6-15(7-9-16)19-14-26-20(23-19)28-21(24-26)25-12-10-18(11-13-25)27-17-4-2-1-3-5-17/h6-9,14,17-18H,1-5,10-13H2. The molecule has 7 heteroatoms. The average Bonchev–Trinajstić information content (AvgIpc) is 3.29. The summed E-state index contributed by atoms with van der Waals surface area (Å²) in [6, 6.07) is 6.42. The van der Waals surface area contributed by atoms with Gasteiger partial charge in [-0.25, -0.2) is 13.9 Å². The van der Waals surface area contributed by atoms with Crippen LogP contribution in [-0.2, 0) is 4.74 Å². The van der Waals surface area contributed by atoms with Crippen LogP contribution in [0.2, 0.25) is 0 Å². The molecule has 0 radical (unpaired) electrons. The topological polar surface area (TPSA) is 42.7 Å². The zero-order valence-corrected chi connectivity index (χ0v) is 16.7. The monoisotopic (exact) mass is 400 g/mol. The molecule has 2 aliphatic rings. The lowest BCUT2D eigenvalue weighted by Crippen LogP contribution is -2.38. The molecule has 1 aliphatic carbocycles. The third kappa shape index (κ3) is 3.78. The number of hydrogen-bond acceptors (Lipinski definition) is 5. The Kier molecular flexibility index (Phi) is 5.03. The smallest absolute Gasteiger partial charge is 0.214 e. The molecule has 1 aromatic carbocycles. The van der Waals surface area contributed by atoms with E-state index >= 15 is 0 Å². The molecule has 0 N–H and O–H groups in total. The van der Waals surface area contributed by atoms with Crippen molar-refractivity contribution in [3.05, 3.63) is 36.3 Å². The van der Waals surface area contributed by atoms with Crippen LogP contribution in [0.15, 0.2) is 30.5 Å². The number of fused-ring (bicyclic) bond motifs is 1. The third-order valence-corrected chi connectivity index (χ3v) is 6.81. The molecule has 5 rings (SSSR count). The van der Waals surface area contributed by atoms with Crippen LogP contribution in [0.4, 0.5) is 9.52 Å². The van der Waals surface area contributed by atoms with Gasteiger partial charge in [-0.05, 0) is 49.9 Å². The lowest BCUT2D eigenvalue weighted by atomic mass is 9.97. The Morgan fingerprint density at radius 3 is 2.39 bits per heavy atom. The first-order chi connectivity index (χ1) is 13.7. The fraction of sp³-hybridized carbons (Fsp3) is 0.524. The second kappa shape index (κ2) is 7.79. The third-order valence-electron chi connectivity index (χ3n) is 5.82. The molecule has 5 nitrogen and oxygen atoms in total. The highest BCUT2D eigenvalue weighted by molar-refractivity contribution is 7.20. The van der Waals surface area contributed by atoms with Crippen LogP contribution in [-0.4, -0.2) is 39.9 Å². The van der Waals surface area contributed by atoms with Gasteiger partial charge < -0.3 is 9.64 Å². The first kappa shape index (κ1) is 18.1. The highest BCUT2D eigenvalue weighted by atomic mass is 32.1. The van der Waals surface area contributed by atoms with E-state index in [0.717, 1.165) is 47.3 Å². The van der Waals surface area contributed by atoms with E-state index in [1.807, 2.05) is 10.7 Å². The highest BCUT2D eigenvalue weighted by Gasteiger charge is 2.25. The molecule has 1 saturated heterocycles. The Morgan fingerprint density at radius 2 is 1.68 bits per heavy atom. The van der Waals surface area contributed by atoms with Gasteiger partial charge >= 0.3 is 0 Å². The molecule has 0 bridgehead atoms. The maximum absolute atomic E-state index is 13.1. The Hall–Kier alpha value is -1.99. The van der Waals surface area contributed by atoms with E-state index in [1.165, 1.54) is 44.2 Å². The Balaban J connectivity index is 1.22. The van der Waals surface area contributed by atoms with Gasteiger partial charge in [0.2, 0.25) is 10.1 Å². The number of anilines is 1. The van der Waals surface area contributed by atoms with Crippen LogP contribution in [0, 0.1) is 5.82 Å². The lowest BCUT2D eigenvalue weighted by Gasteiger charge is -2.34. The normalized spacial score (nSPS) is 19.5. The molecule has 2 aromatic heterocycles. The summed E-state index contributed by atoms with van der Waals surface area (Å²) in [5.74, 6) is -0.235. The fourth-order valence-electron chi connectivity index (χ4n) is 4.23. The number of piperidine rings is 1. The van der Waals surface area contributed by atoms with Gasteiger partial charge in [0.1, 0.15) is 5.82 Å². The maximum Gasteiger partial charge on any atom is 0.214 e. The second-order valence-electron chi connectivity index (χ2n) is 7.83. The first-order valence-electron chi connectivity index (χ1n) is 10.3. The molecule has 3 heterocycles. The number of hydrogen-bond donors (Lipinski definition) is 0. The van der Waals surface area contributed by atoms with Crippen molar-refractivity contribution in [1.82, 2.24) is 14.6 Å². The molecule has 148 valence electrons. The van der Waals surface area contributed by atoms with Crippen molar-refractivity contribution >= 4 is 21.4 Å². The summed E-state index contributed by atoms with van der Waals surface area (Å²) in [4.78, 5) is 7.88. The molecule has 0 spiro atoms. The summed E-state index contributed by atoms with van der Waals surface area (Å²) >= 11 is 1.61. The van der Waals surface area contributed by atoms with Gasteiger partial charge in [0.15, 0.2) is 0 Å². The number of nitrogens with zero attached hydrogens (tertiary/aromatic N) is 4. The van der Waals surface area contributed by atoms with E-state index in [2.05, 4.69) is 9.88 Å². The summed E-state index contributed by atoms with van der Waals surface area (Å²) in [5, 5.41) is 5.74. The molecule has 0 atom stereocenters. The molecule has 1 saturated carbocycles. The minimum absolute atomic E-state index is 0.235. The van der Waals surface area contributed by atoms with E-state index in [1.54, 1.807) is 23.5 Å². The van der Waals surface area contributed by atoms with Crippen LogP contribution in [0.25, 0.3) is 16.2 Å². The van der Waals surface area contributed by atoms with Crippen molar-refractivity contribution in [2.75, 3.05) is 18.0 Å². The minimum Gasteiger partial charge on any atom is -0.375 e. The summed E-state index contributed by atoms with van der Waals surface area (Å²) in [6.07, 6.45) is 11.4. The van der Waals surface area contributed by atoms with Crippen LogP contribution in [0.1, 0.15) is 44.9 Å². The van der Waals surface area contributed by atoms with E-state index in [9.17, 15) is 4.39 Å². The molecule has 28 heavy (non-hydrogen) atoms. The SMILES string of the molecule is Fc1ccc(-c2cn3nc(N4CCC(OC5CCCCC5)CC4)sc3n2)cc1. The van der Waals surface area contributed by atoms with E-state index < -0.39 is 0 Å². The Morgan fingerprint density at radius 1 is 0.964 bits per heavy atom. The van der Waals surface area contributed by atoms with Gasteiger partial charge in [0.25, 0.3) is 0 Å². The zero-order valence-electron chi connectivity index (χ0n) is 15.9. The Labute approximate surface area is 168 Å². The number of aromatic nitrogens is 3. The van der Waals surface area contributed by atoms with Crippen molar-refractivity contribution in [3.8, 4) is 11.3 Å². The molecule has 0 unspecified atom stereocenters. The molecular weight excluding hydrogens is 375 g/mol. The van der Waals surface area contributed by atoms with E-state index in [0.29, 0.717) is 12.2 Å². The first-order valence-corrected chi connectivity index (χ1v) is 11.1. The maximum atomic E-state index is 13.1. The van der Waals surface area contributed by atoms with Gasteiger partial charge in [-0.1, -0.05) is 30.6 Å². The number of imidazole rings is 1. The second-order valence-corrected chi connectivity index (χ2v) is 8.76. The molecule has 3 aromatic rings. The fourth-order valence-corrected chi connectivity index (χ4v) is 5.17. The molecular formula is C21H25FN4OS. The molecule has 2 fully saturated rings. The van der Waals surface area contributed by atoms with Gasteiger partial charge in [0.05, 0.1) is 24.1 Å². The van der Waals surface area contributed by atoms with Crippen molar-refractivity contribution in [1.29, 1.82) is 0 Å². The number of benzene rings is 1. The number of halogens is 1. The Bertz CT molecular complexity index is 892. The van der Waals surface area contributed by atoms with Gasteiger partial charge in [0, 0.05) is 18.7 Å². The van der Waals surface area contributed by atoms with Gasteiger partial charge in [-0.3, -0.25) is 0 Å². The van der Waals surface area contributed by atoms with Crippen LogP contribution in [0.3, 0.4) is 0 Å². The summed E-state index contributed by atoms with van der Waals surface area (Å²) < 4.78 is 21.3. The van der Waals surface area contributed by atoms with Crippen molar-refractivity contribution < 1.29 is 9.13 Å². The number of ether oxygens (including phenoxy) is 1. The molecule has 0 amide bonds. The number of rotatable bonds is 4. The van der Waals surface area contributed by atoms with E-state index in [4.69, 9.17) is 9.84 Å². The van der Waals surface area contributed by atoms with Crippen LogP contribution < -0.4 is 4.90 Å². The van der Waals surface area contributed by atoms with E-state index in [-0.39, 0.29) is 5.82 Å². The van der Waals surface area contributed by atoms with Crippen molar-refractivity contribution in [3.63, 3.8) is 0 Å². The molecule has 1 aliphatic heterocycles. The van der Waals surface area contributed by atoms with Crippen molar-refractivity contribution in [2.45, 2.75) is 57.2 Å². The largest absolute Gasteiger partial charge is 0.375 e. The van der Waals surface area contributed by atoms with Crippen LogP contribution >= 0.6 is 11.3 Å². The minimum atomic E-state index is -0.235. The summed E-state index contributed by atoms with van der Waals surface area (Å²) in [6.45, 7) is 1.97. The van der Waals surface area contributed by atoms with Crippen molar-refractivity contribution in [2.24, 2.45) is 0 Å². The predicted molar refractivity (Wildman–Crippen MR) is 109 cm³/mol. The van der Waals surface area contributed by atoms with Gasteiger partial charge in [-0.2, -0.15) is 0 Å². The predicted octanol–water partition coefficient (Wildman–Crippen LogP) is 4.92. The quantitative estimate of drug-likeness (QED) is 0.624. The lowest BCUT2D eigenvalue weighted by molar-refractivity contribution is -0.0395. The summed E-state index contributed by atoms with van der Waals surface area (Å²) in [7, 11) is 0.